The SMILES string of the molecule is Cc1cccc(C)c1NC(=O)C(C)n1cc[n+](CC(OCc2ccc(Cl)cc2Cl)c2ccc(Cl)cc2Cl)c1. The minimum Gasteiger partial charge on any atom is -0.365 e. The highest BCUT2D eigenvalue weighted by Gasteiger charge is 2.24. The largest absolute Gasteiger partial charge is 0.365 e. The Hall–Kier alpha value is -2.54. The molecule has 38 heavy (non-hydrogen) atoms. The normalized spacial score (nSPS) is 12.8. The van der Waals surface area contributed by atoms with Crippen LogP contribution in [0.15, 0.2) is 73.3 Å². The molecule has 5 nitrogen and oxygen atoms in total. The van der Waals surface area contributed by atoms with Crippen LogP contribution < -0.4 is 9.88 Å². The number of aryl methyl sites for hydroxylation is 2. The smallest absolute Gasteiger partial charge is 0.269 e. The Bertz CT molecular complexity index is 1430. The maximum absolute atomic E-state index is 13.0. The van der Waals surface area contributed by atoms with Crippen LogP contribution in [0.25, 0.3) is 0 Å². The average molecular weight is 592 g/mol. The third-order valence-corrected chi connectivity index (χ3v) is 7.56. The Labute approximate surface area is 242 Å². The van der Waals surface area contributed by atoms with Gasteiger partial charge in [-0.1, -0.05) is 76.7 Å². The van der Waals surface area contributed by atoms with Crippen LogP contribution >= 0.6 is 46.4 Å². The minimum absolute atomic E-state index is 0.101. The van der Waals surface area contributed by atoms with Crippen molar-refractivity contribution in [1.29, 1.82) is 0 Å². The van der Waals surface area contributed by atoms with Gasteiger partial charge in [0.05, 0.1) is 6.61 Å². The molecule has 0 saturated carbocycles. The molecule has 3 aromatic carbocycles. The van der Waals surface area contributed by atoms with Gasteiger partial charge in [-0.25, -0.2) is 9.13 Å². The highest BCUT2D eigenvalue weighted by Crippen LogP contribution is 2.31. The van der Waals surface area contributed by atoms with Gasteiger partial charge in [0, 0.05) is 31.3 Å². The molecule has 0 bridgehead atoms. The van der Waals surface area contributed by atoms with Crippen LogP contribution in [-0.2, 0) is 22.7 Å². The number of nitrogens with zero attached hydrogens (tertiary/aromatic N) is 2. The summed E-state index contributed by atoms with van der Waals surface area (Å²) in [4.78, 5) is 13.0. The molecule has 1 heterocycles. The molecule has 2 unspecified atom stereocenters. The first-order chi connectivity index (χ1) is 18.1. The molecule has 198 valence electrons. The fraction of sp³-hybridized carbons (Fsp3) is 0.241. The van der Waals surface area contributed by atoms with E-state index in [1.807, 2.05) is 79.0 Å². The van der Waals surface area contributed by atoms with Gasteiger partial charge in [0.1, 0.15) is 25.0 Å². The minimum atomic E-state index is -0.429. The number of hydrogen-bond acceptors (Lipinski definition) is 2. The lowest BCUT2D eigenvalue weighted by atomic mass is 10.1. The van der Waals surface area contributed by atoms with Gasteiger partial charge in [0.15, 0.2) is 6.04 Å². The second kappa shape index (κ2) is 12.5. The van der Waals surface area contributed by atoms with Gasteiger partial charge in [-0.15, -0.1) is 0 Å². The topological polar surface area (TPSA) is 47.1 Å². The Kier molecular flexibility index (Phi) is 9.40. The van der Waals surface area contributed by atoms with Crippen molar-refractivity contribution in [2.75, 3.05) is 5.32 Å². The maximum atomic E-state index is 13.0. The van der Waals surface area contributed by atoms with Gasteiger partial charge in [-0.2, -0.15) is 0 Å². The summed E-state index contributed by atoms with van der Waals surface area (Å²) < 4.78 is 10.1. The van der Waals surface area contributed by atoms with E-state index in [9.17, 15) is 4.79 Å². The number of rotatable bonds is 9. The van der Waals surface area contributed by atoms with Crippen LogP contribution in [0.5, 0.6) is 0 Å². The number of ether oxygens (including phenoxy) is 1. The molecular weight excluding hydrogens is 564 g/mol. The first kappa shape index (κ1) is 28.5. The zero-order chi connectivity index (χ0) is 27.4. The van der Waals surface area contributed by atoms with E-state index in [1.54, 1.807) is 24.3 Å². The Morgan fingerprint density at radius 2 is 1.63 bits per heavy atom. The van der Waals surface area contributed by atoms with Crippen molar-refractivity contribution in [2.24, 2.45) is 0 Å². The fourth-order valence-electron chi connectivity index (χ4n) is 4.15. The molecule has 2 atom stereocenters. The molecule has 0 fully saturated rings. The molecule has 4 aromatic rings. The molecule has 0 aliphatic heterocycles. The van der Waals surface area contributed by atoms with E-state index in [2.05, 4.69) is 5.32 Å². The number of amides is 1. The summed E-state index contributed by atoms with van der Waals surface area (Å²) >= 11 is 25.1. The molecule has 0 spiro atoms. The van der Waals surface area contributed by atoms with Crippen molar-refractivity contribution in [3.05, 3.63) is 116 Å². The van der Waals surface area contributed by atoms with Gasteiger partial charge < -0.3 is 10.1 Å². The van der Waals surface area contributed by atoms with Crippen molar-refractivity contribution in [3.8, 4) is 0 Å². The lowest BCUT2D eigenvalue weighted by Crippen LogP contribution is -2.36. The Balaban J connectivity index is 1.52. The number of benzene rings is 3. The van der Waals surface area contributed by atoms with Gasteiger partial charge in [0.2, 0.25) is 6.33 Å². The quantitative estimate of drug-likeness (QED) is 0.200. The van der Waals surface area contributed by atoms with Gasteiger partial charge in [0.25, 0.3) is 5.91 Å². The summed E-state index contributed by atoms with van der Waals surface area (Å²) in [6, 6.07) is 16.1. The van der Waals surface area contributed by atoms with Crippen LogP contribution in [-0.4, -0.2) is 10.5 Å². The number of hydrogen-bond donors (Lipinski definition) is 1. The van der Waals surface area contributed by atoms with E-state index in [0.29, 0.717) is 26.6 Å². The van der Waals surface area contributed by atoms with Crippen molar-refractivity contribution < 1.29 is 14.1 Å². The van der Waals surface area contributed by atoms with E-state index in [0.717, 1.165) is 27.9 Å². The molecule has 0 aliphatic rings. The zero-order valence-electron chi connectivity index (χ0n) is 21.2. The summed E-state index contributed by atoms with van der Waals surface area (Å²) in [6.07, 6.45) is 5.24. The molecule has 9 heteroatoms. The van der Waals surface area contributed by atoms with Gasteiger partial charge >= 0.3 is 0 Å². The lowest BCUT2D eigenvalue weighted by molar-refractivity contribution is -0.705. The number of carbonyl (C=O) groups excluding carboxylic acids is 1. The van der Waals surface area contributed by atoms with E-state index >= 15 is 0 Å². The predicted octanol–water partition coefficient (Wildman–Crippen LogP) is 8.16. The summed E-state index contributed by atoms with van der Waals surface area (Å²) in [5.74, 6) is -0.101. The number of para-hydroxylation sites is 1. The van der Waals surface area contributed by atoms with Crippen LogP contribution in [0.1, 0.15) is 41.3 Å². The molecule has 1 amide bonds. The first-order valence-electron chi connectivity index (χ1n) is 12.1. The van der Waals surface area contributed by atoms with E-state index in [1.165, 1.54) is 0 Å². The molecule has 4 rings (SSSR count). The van der Waals surface area contributed by atoms with Crippen LogP contribution in [0.3, 0.4) is 0 Å². The van der Waals surface area contributed by atoms with Crippen LogP contribution in [0.2, 0.25) is 20.1 Å². The Morgan fingerprint density at radius 3 is 2.29 bits per heavy atom. The molecule has 0 saturated heterocycles. The number of anilines is 1. The molecule has 0 aliphatic carbocycles. The summed E-state index contributed by atoms with van der Waals surface area (Å²) in [6.45, 7) is 6.53. The maximum Gasteiger partial charge on any atom is 0.269 e. The van der Waals surface area contributed by atoms with Crippen molar-refractivity contribution in [3.63, 3.8) is 0 Å². The van der Waals surface area contributed by atoms with Crippen molar-refractivity contribution in [1.82, 2.24) is 4.57 Å². The average Bonchev–Trinajstić information content (AvgIpc) is 3.33. The van der Waals surface area contributed by atoms with E-state index < -0.39 is 12.1 Å². The summed E-state index contributed by atoms with van der Waals surface area (Å²) in [7, 11) is 0. The number of carbonyl (C=O) groups is 1. The number of halogens is 4. The van der Waals surface area contributed by atoms with E-state index in [-0.39, 0.29) is 12.5 Å². The van der Waals surface area contributed by atoms with Crippen LogP contribution in [0, 0.1) is 13.8 Å². The second-order valence-electron chi connectivity index (χ2n) is 9.19. The third kappa shape index (κ3) is 6.90. The lowest BCUT2D eigenvalue weighted by Gasteiger charge is -2.19. The first-order valence-corrected chi connectivity index (χ1v) is 13.6. The predicted molar refractivity (Wildman–Crippen MR) is 154 cm³/mol. The third-order valence-electron chi connectivity index (χ3n) is 6.41. The fourth-order valence-corrected chi connectivity index (χ4v) is 5.14. The second-order valence-corrected chi connectivity index (χ2v) is 10.9. The zero-order valence-corrected chi connectivity index (χ0v) is 24.2. The number of aromatic nitrogens is 2. The summed E-state index contributed by atoms with van der Waals surface area (Å²) in [5, 5.41) is 5.20. The standard InChI is InChI=1S/C29H27Cl4N3O2/c1-18-5-4-6-19(2)28(18)34-29(37)20(3)36-12-11-35(17-36)15-27(24-10-9-23(31)14-26(24)33)38-16-21-7-8-22(30)13-25(21)32/h4-14,17,20,27H,15-16H2,1-3H3/p+1. The number of imidazole rings is 1. The monoisotopic (exact) mass is 590 g/mol. The van der Waals surface area contributed by atoms with E-state index in [4.69, 9.17) is 51.1 Å². The highest BCUT2D eigenvalue weighted by molar-refractivity contribution is 6.35. The molecule has 0 radical (unpaired) electrons. The van der Waals surface area contributed by atoms with Crippen LogP contribution in [0.4, 0.5) is 5.69 Å². The van der Waals surface area contributed by atoms with Gasteiger partial charge in [-0.3, -0.25) is 4.79 Å². The Morgan fingerprint density at radius 1 is 0.974 bits per heavy atom. The highest BCUT2D eigenvalue weighted by atomic mass is 35.5. The molecular formula is C29H28Cl4N3O2+. The molecule has 1 N–H and O–H groups in total. The van der Waals surface area contributed by atoms with Crippen molar-refractivity contribution >= 4 is 58.0 Å². The number of nitrogens with one attached hydrogen (secondary N) is 1. The summed E-state index contributed by atoms with van der Waals surface area (Å²) in [5.41, 5.74) is 4.49. The van der Waals surface area contributed by atoms with Crippen molar-refractivity contribution in [2.45, 2.75) is 46.1 Å². The molecule has 1 aromatic heterocycles. The van der Waals surface area contributed by atoms with Gasteiger partial charge in [-0.05, 0) is 61.7 Å².